The summed E-state index contributed by atoms with van der Waals surface area (Å²) in [6.07, 6.45) is 1.04. The van der Waals surface area contributed by atoms with E-state index >= 15 is 0 Å². The Hall–Kier alpha value is -0.650. The van der Waals surface area contributed by atoms with Gasteiger partial charge >= 0.3 is 0 Å². The molecule has 2 heterocycles. The second kappa shape index (κ2) is 4.72. The summed E-state index contributed by atoms with van der Waals surface area (Å²) in [6.45, 7) is 5.26. The highest BCUT2D eigenvalue weighted by Crippen LogP contribution is 2.11. The summed E-state index contributed by atoms with van der Waals surface area (Å²) in [7, 11) is 0. The Labute approximate surface area is 83.6 Å². The second-order valence-corrected chi connectivity index (χ2v) is 3.55. The predicted molar refractivity (Wildman–Crippen MR) is 49.8 cm³/mol. The molecule has 14 heavy (non-hydrogen) atoms. The quantitative estimate of drug-likeness (QED) is 0.544. The van der Waals surface area contributed by atoms with Crippen molar-refractivity contribution < 1.29 is 14.3 Å². The topological polar surface area (TPSA) is 42.0 Å². The first kappa shape index (κ1) is 9.89. The largest absolute Gasteiger partial charge is 0.379 e. The minimum Gasteiger partial charge on any atom is -0.379 e. The molecule has 80 valence electrons. The van der Waals surface area contributed by atoms with Gasteiger partial charge in [-0.1, -0.05) is 0 Å². The number of carbonyl (C=O) groups excluding carboxylic acids is 1. The molecule has 2 fully saturated rings. The van der Waals surface area contributed by atoms with E-state index in [4.69, 9.17) is 9.47 Å². The molecule has 0 radical (unpaired) electrons. The van der Waals surface area contributed by atoms with E-state index in [9.17, 15) is 4.79 Å². The first-order valence-corrected chi connectivity index (χ1v) is 5.02. The monoisotopic (exact) mass is 200 g/mol. The average molecular weight is 200 g/mol. The number of ether oxygens (including phenoxy) is 2. The fourth-order valence-electron chi connectivity index (χ4n) is 1.92. The summed E-state index contributed by atoms with van der Waals surface area (Å²) in [4.78, 5) is 14.9. The van der Waals surface area contributed by atoms with Gasteiger partial charge in [0.15, 0.2) is 0 Å². The van der Waals surface area contributed by atoms with E-state index in [1.165, 1.54) is 0 Å². The molecule has 2 aliphatic rings. The third kappa shape index (κ3) is 2.05. The normalized spacial score (nSPS) is 30.3. The van der Waals surface area contributed by atoms with Crippen LogP contribution in [0.5, 0.6) is 0 Å². The number of amides is 1. The number of nitrogens with zero attached hydrogens (tertiary/aromatic N) is 2. The molecular weight excluding hydrogens is 184 g/mol. The fraction of sp³-hybridized carbons (Fsp3) is 0.889. The predicted octanol–water partition coefficient (Wildman–Crippen LogP) is -0.867. The maximum absolute atomic E-state index is 10.8. The molecule has 0 spiro atoms. The standard InChI is InChI=1S/C9H16N2O3/c12-8-11-3-6-14-7-9(11)10-1-4-13-5-2-10/h8-9H,1-7H2. The van der Waals surface area contributed by atoms with Gasteiger partial charge in [-0.15, -0.1) is 0 Å². The summed E-state index contributed by atoms with van der Waals surface area (Å²) in [6, 6.07) is 0. The van der Waals surface area contributed by atoms with Crippen molar-refractivity contribution in [3.8, 4) is 0 Å². The van der Waals surface area contributed by atoms with Gasteiger partial charge in [-0.25, -0.2) is 0 Å². The van der Waals surface area contributed by atoms with Crippen molar-refractivity contribution in [2.24, 2.45) is 0 Å². The Morgan fingerprint density at radius 1 is 1.07 bits per heavy atom. The lowest BCUT2D eigenvalue weighted by Crippen LogP contribution is -2.57. The van der Waals surface area contributed by atoms with Crippen molar-refractivity contribution >= 4 is 6.41 Å². The number of hydrogen-bond donors (Lipinski definition) is 0. The van der Waals surface area contributed by atoms with Crippen LogP contribution in [-0.4, -0.2) is 68.4 Å². The van der Waals surface area contributed by atoms with E-state index in [-0.39, 0.29) is 6.17 Å². The minimum absolute atomic E-state index is 0.116. The van der Waals surface area contributed by atoms with Crippen molar-refractivity contribution in [2.45, 2.75) is 6.17 Å². The maximum atomic E-state index is 10.8. The first-order valence-electron chi connectivity index (χ1n) is 5.02. The Bertz CT molecular complexity index is 194. The molecular formula is C9H16N2O3. The Balaban J connectivity index is 1.94. The molecule has 0 aromatic carbocycles. The van der Waals surface area contributed by atoms with Crippen LogP contribution in [0.25, 0.3) is 0 Å². The maximum Gasteiger partial charge on any atom is 0.211 e. The summed E-state index contributed by atoms with van der Waals surface area (Å²) >= 11 is 0. The Kier molecular flexibility index (Phi) is 3.34. The molecule has 2 saturated heterocycles. The average Bonchev–Trinajstić information content (AvgIpc) is 2.30. The minimum atomic E-state index is 0.116. The third-order valence-corrected chi connectivity index (χ3v) is 2.75. The molecule has 0 aromatic rings. The Morgan fingerprint density at radius 2 is 1.79 bits per heavy atom. The molecule has 2 aliphatic heterocycles. The lowest BCUT2D eigenvalue weighted by molar-refractivity contribution is -0.140. The van der Waals surface area contributed by atoms with E-state index in [0.717, 1.165) is 32.7 Å². The van der Waals surface area contributed by atoms with Gasteiger partial charge in [0, 0.05) is 19.6 Å². The van der Waals surface area contributed by atoms with Crippen molar-refractivity contribution in [1.29, 1.82) is 0 Å². The molecule has 0 aliphatic carbocycles. The molecule has 1 amide bonds. The zero-order valence-corrected chi connectivity index (χ0v) is 8.22. The molecule has 5 nitrogen and oxygen atoms in total. The van der Waals surface area contributed by atoms with E-state index in [1.807, 2.05) is 4.90 Å². The smallest absolute Gasteiger partial charge is 0.211 e. The van der Waals surface area contributed by atoms with Crippen LogP contribution in [0.3, 0.4) is 0 Å². The summed E-state index contributed by atoms with van der Waals surface area (Å²) < 4.78 is 10.7. The third-order valence-electron chi connectivity index (χ3n) is 2.75. The van der Waals surface area contributed by atoms with Crippen molar-refractivity contribution in [1.82, 2.24) is 9.80 Å². The van der Waals surface area contributed by atoms with E-state index in [1.54, 1.807) is 0 Å². The molecule has 0 bridgehead atoms. The zero-order chi connectivity index (χ0) is 9.80. The van der Waals surface area contributed by atoms with Gasteiger partial charge in [0.2, 0.25) is 6.41 Å². The van der Waals surface area contributed by atoms with Crippen molar-refractivity contribution in [3.05, 3.63) is 0 Å². The van der Waals surface area contributed by atoms with Crippen LogP contribution in [0.1, 0.15) is 0 Å². The van der Waals surface area contributed by atoms with E-state index in [0.29, 0.717) is 19.8 Å². The number of carbonyl (C=O) groups is 1. The summed E-state index contributed by atoms with van der Waals surface area (Å²) in [5.41, 5.74) is 0. The molecule has 1 atom stereocenters. The van der Waals surface area contributed by atoms with Crippen LogP contribution in [0.4, 0.5) is 0 Å². The van der Waals surface area contributed by atoms with Crippen LogP contribution >= 0.6 is 0 Å². The molecule has 0 aromatic heterocycles. The second-order valence-electron chi connectivity index (χ2n) is 3.55. The molecule has 0 N–H and O–H groups in total. The summed E-state index contributed by atoms with van der Waals surface area (Å²) in [5.74, 6) is 0. The van der Waals surface area contributed by atoms with E-state index in [2.05, 4.69) is 4.90 Å². The van der Waals surface area contributed by atoms with Crippen LogP contribution in [0, 0.1) is 0 Å². The highest BCUT2D eigenvalue weighted by molar-refractivity contribution is 5.47. The number of morpholine rings is 2. The molecule has 1 unspecified atom stereocenters. The lowest BCUT2D eigenvalue weighted by Gasteiger charge is -2.41. The van der Waals surface area contributed by atoms with Gasteiger partial charge in [0.1, 0.15) is 6.17 Å². The van der Waals surface area contributed by atoms with Crippen LogP contribution in [0.15, 0.2) is 0 Å². The first-order chi connectivity index (χ1) is 6.92. The number of hydrogen-bond acceptors (Lipinski definition) is 4. The van der Waals surface area contributed by atoms with Crippen LogP contribution in [-0.2, 0) is 14.3 Å². The van der Waals surface area contributed by atoms with Gasteiger partial charge in [0.05, 0.1) is 26.4 Å². The lowest BCUT2D eigenvalue weighted by atomic mass is 10.3. The van der Waals surface area contributed by atoms with Crippen molar-refractivity contribution in [3.63, 3.8) is 0 Å². The highest BCUT2D eigenvalue weighted by Gasteiger charge is 2.28. The van der Waals surface area contributed by atoms with Gasteiger partial charge in [0.25, 0.3) is 0 Å². The van der Waals surface area contributed by atoms with Gasteiger partial charge < -0.3 is 14.4 Å². The van der Waals surface area contributed by atoms with Gasteiger partial charge in [-0.05, 0) is 0 Å². The van der Waals surface area contributed by atoms with Gasteiger partial charge in [-0.3, -0.25) is 9.69 Å². The number of rotatable bonds is 2. The molecule has 0 saturated carbocycles. The van der Waals surface area contributed by atoms with Crippen molar-refractivity contribution in [2.75, 3.05) is 46.1 Å². The fourth-order valence-corrected chi connectivity index (χ4v) is 1.92. The molecule has 5 heteroatoms. The highest BCUT2D eigenvalue weighted by atomic mass is 16.5. The SMILES string of the molecule is O=CN1CCOCC1N1CCOCC1. The van der Waals surface area contributed by atoms with Gasteiger partial charge in [-0.2, -0.15) is 0 Å². The molecule has 2 rings (SSSR count). The Morgan fingerprint density at radius 3 is 2.50 bits per heavy atom. The zero-order valence-electron chi connectivity index (χ0n) is 8.22. The van der Waals surface area contributed by atoms with Crippen LogP contribution in [0.2, 0.25) is 0 Å². The van der Waals surface area contributed by atoms with Crippen LogP contribution < -0.4 is 0 Å². The van der Waals surface area contributed by atoms with E-state index < -0.39 is 0 Å². The summed E-state index contributed by atoms with van der Waals surface area (Å²) in [5, 5.41) is 0.